The number of amides is 1. The van der Waals surface area contributed by atoms with Gasteiger partial charge in [0.05, 0.1) is 6.10 Å². The van der Waals surface area contributed by atoms with Crippen LogP contribution < -0.4 is 11.1 Å². The normalized spacial score (nSPS) is 21.9. The number of rotatable bonds is 3. The number of carbonyl (C=O) groups excluding carboxylic acids is 1. The Morgan fingerprint density at radius 3 is 2.70 bits per heavy atom. The number of β-amino-alcohol motifs (C(OH)–C–C–N with tert-alkyl or cyclic N) is 1. The first-order valence-electron chi connectivity index (χ1n) is 5.89. The molecule has 2 rings (SSSR count). The van der Waals surface area contributed by atoms with Crippen molar-refractivity contribution >= 4 is 11.9 Å². The molecule has 1 saturated heterocycles. The molecule has 2 heterocycles. The molecule has 0 saturated carbocycles. The summed E-state index contributed by atoms with van der Waals surface area (Å²) in [6, 6.07) is 0.923. The van der Waals surface area contributed by atoms with E-state index < -0.39 is 41.7 Å². The highest BCUT2D eigenvalue weighted by atomic mass is 16.4. The minimum Gasteiger partial charge on any atom is -0.480 e. The van der Waals surface area contributed by atoms with E-state index in [0.29, 0.717) is 0 Å². The first-order chi connectivity index (χ1) is 9.38. The van der Waals surface area contributed by atoms with Gasteiger partial charge < -0.3 is 15.1 Å². The smallest absolute Gasteiger partial charge is 0.326 e. The number of aromatic nitrogens is 2. The average molecular weight is 283 g/mol. The van der Waals surface area contributed by atoms with Crippen molar-refractivity contribution in [2.75, 3.05) is 6.54 Å². The summed E-state index contributed by atoms with van der Waals surface area (Å²) in [6.45, 7) is -0.590. The van der Waals surface area contributed by atoms with Gasteiger partial charge in [-0.25, -0.2) is 9.48 Å². The number of carboxylic acids is 1. The maximum absolute atomic E-state index is 12.0. The second-order valence-corrected chi connectivity index (χ2v) is 4.52. The first-order valence-corrected chi connectivity index (χ1v) is 5.89. The molecule has 1 aliphatic rings. The van der Waals surface area contributed by atoms with Crippen LogP contribution in [0.2, 0.25) is 0 Å². The van der Waals surface area contributed by atoms with Crippen molar-refractivity contribution in [3.8, 4) is 0 Å². The van der Waals surface area contributed by atoms with Gasteiger partial charge in [0.25, 0.3) is 11.1 Å². The number of nitrogens with zero attached hydrogens (tertiary/aromatic N) is 2. The summed E-state index contributed by atoms with van der Waals surface area (Å²) in [6.07, 6.45) is -0.965. The van der Waals surface area contributed by atoms with E-state index in [0.717, 1.165) is 21.7 Å². The lowest BCUT2D eigenvalue weighted by molar-refractivity contribution is -0.148. The van der Waals surface area contributed by atoms with Gasteiger partial charge in [-0.1, -0.05) is 0 Å². The number of carbonyl (C=O) groups is 2. The lowest BCUT2D eigenvalue weighted by atomic mass is 10.2. The van der Waals surface area contributed by atoms with Gasteiger partial charge in [0.15, 0.2) is 0 Å². The molecule has 108 valence electrons. The SMILES string of the molecule is O=C(O)C1CC(O)CN1C(=O)Cn1[nH]c(=O)ccc1=O. The number of aromatic amines is 1. The summed E-state index contributed by atoms with van der Waals surface area (Å²) in [5.74, 6) is -1.87. The molecular weight excluding hydrogens is 270 g/mol. The molecule has 9 heteroatoms. The Bertz CT molecular complexity index is 648. The Morgan fingerprint density at radius 2 is 2.05 bits per heavy atom. The Hall–Kier alpha value is -2.42. The van der Waals surface area contributed by atoms with Crippen LogP contribution in [0.4, 0.5) is 0 Å². The fraction of sp³-hybridized carbons (Fsp3) is 0.455. The fourth-order valence-corrected chi connectivity index (χ4v) is 2.13. The Kier molecular flexibility index (Phi) is 3.70. The number of nitrogens with one attached hydrogen (secondary N) is 1. The van der Waals surface area contributed by atoms with Crippen molar-refractivity contribution in [1.29, 1.82) is 0 Å². The number of H-pyrrole nitrogens is 1. The number of aliphatic carboxylic acids is 1. The maximum atomic E-state index is 12.0. The number of carboxylic acid groups (broad SMARTS) is 1. The van der Waals surface area contributed by atoms with Crippen LogP contribution in [0.1, 0.15) is 6.42 Å². The van der Waals surface area contributed by atoms with Crippen molar-refractivity contribution in [2.45, 2.75) is 25.1 Å². The monoisotopic (exact) mass is 283 g/mol. The first kappa shape index (κ1) is 14.0. The molecule has 0 aromatic carbocycles. The van der Waals surface area contributed by atoms with Crippen LogP contribution in [-0.4, -0.2) is 55.5 Å². The third-order valence-corrected chi connectivity index (χ3v) is 3.07. The van der Waals surface area contributed by atoms with Gasteiger partial charge in [-0.15, -0.1) is 0 Å². The predicted molar refractivity (Wildman–Crippen MR) is 65.1 cm³/mol. The number of hydrogen-bond donors (Lipinski definition) is 3. The van der Waals surface area contributed by atoms with Crippen molar-refractivity contribution in [1.82, 2.24) is 14.7 Å². The Labute approximate surface area is 112 Å². The summed E-state index contributed by atoms with van der Waals surface area (Å²) in [5, 5.41) is 20.6. The summed E-state index contributed by atoms with van der Waals surface area (Å²) < 4.78 is 0.800. The molecule has 1 amide bonds. The number of aliphatic hydroxyl groups is 1. The van der Waals surface area contributed by atoms with Gasteiger partial charge in [-0.3, -0.25) is 19.5 Å². The van der Waals surface area contributed by atoms with Crippen molar-refractivity contribution < 1.29 is 19.8 Å². The Balaban J connectivity index is 2.19. The molecule has 20 heavy (non-hydrogen) atoms. The second-order valence-electron chi connectivity index (χ2n) is 4.52. The van der Waals surface area contributed by atoms with Gasteiger partial charge in [-0.2, -0.15) is 0 Å². The van der Waals surface area contributed by atoms with E-state index in [2.05, 4.69) is 5.10 Å². The highest BCUT2D eigenvalue weighted by Crippen LogP contribution is 2.18. The molecule has 1 fully saturated rings. The van der Waals surface area contributed by atoms with E-state index in [-0.39, 0.29) is 13.0 Å². The van der Waals surface area contributed by atoms with Crippen LogP contribution in [0.3, 0.4) is 0 Å². The molecule has 1 aliphatic heterocycles. The van der Waals surface area contributed by atoms with E-state index in [1.165, 1.54) is 0 Å². The van der Waals surface area contributed by atoms with Gasteiger partial charge in [-0.05, 0) is 0 Å². The molecule has 1 aromatic rings. The van der Waals surface area contributed by atoms with E-state index in [1.54, 1.807) is 0 Å². The molecular formula is C11H13N3O6. The highest BCUT2D eigenvalue weighted by Gasteiger charge is 2.38. The number of aliphatic hydroxyl groups excluding tert-OH is 1. The zero-order valence-corrected chi connectivity index (χ0v) is 10.4. The lowest BCUT2D eigenvalue weighted by Gasteiger charge is -2.21. The minimum atomic E-state index is -1.22. The molecule has 0 aliphatic carbocycles. The molecule has 2 atom stereocenters. The molecule has 0 bridgehead atoms. The summed E-state index contributed by atoms with van der Waals surface area (Å²) in [7, 11) is 0. The van der Waals surface area contributed by atoms with E-state index >= 15 is 0 Å². The summed E-state index contributed by atoms with van der Waals surface area (Å²) >= 11 is 0. The van der Waals surface area contributed by atoms with Gasteiger partial charge >= 0.3 is 5.97 Å². The van der Waals surface area contributed by atoms with Crippen LogP contribution in [-0.2, 0) is 16.1 Å². The molecule has 2 unspecified atom stereocenters. The van der Waals surface area contributed by atoms with Crippen molar-refractivity contribution in [3.05, 3.63) is 32.8 Å². The number of likely N-dealkylation sites (tertiary alicyclic amines) is 1. The molecule has 0 radical (unpaired) electrons. The Morgan fingerprint density at radius 1 is 1.35 bits per heavy atom. The summed E-state index contributed by atoms with van der Waals surface area (Å²) in [4.78, 5) is 46.6. The van der Waals surface area contributed by atoms with E-state index in [9.17, 15) is 24.3 Å². The third kappa shape index (κ3) is 2.77. The largest absolute Gasteiger partial charge is 0.480 e. The third-order valence-electron chi connectivity index (χ3n) is 3.07. The topological polar surface area (TPSA) is 133 Å². The van der Waals surface area contributed by atoms with Gasteiger partial charge in [0.1, 0.15) is 12.6 Å². The van der Waals surface area contributed by atoms with Gasteiger partial charge in [0, 0.05) is 25.1 Å². The summed E-state index contributed by atoms with van der Waals surface area (Å²) in [5.41, 5.74) is -1.13. The van der Waals surface area contributed by atoms with E-state index in [4.69, 9.17) is 5.11 Å². The zero-order valence-electron chi connectivity index (χ0n) is 10.4. The van der Waals surface area contributed by atoms with Crippen LogP contribution >= 0.6 is 0 Å². The molecule has 1 aromatic heterocycles. The van der Waals surface area contributed by atoms with E-state index in [1.807, 2.05) is 0 Å². The second kappa shape index (κ2) is 5.29. The van der Waals surface area contributed by atoms with Crippen LogP contribution in [0, 0.1) is 0 Å². The molecule has 0 spiro atoms. The quantitative estimate of drug-likeness (QED) is 0.565. The van der Waals surface area contributed by atoms with Crippen molar-refractivity contribution in [3.63, 3.8) is 0 Å². The van der Waals surface area contributed by atoms with Crippen molar-refractivity contribution in [2.24, 2.45) is 0 Å². The number of hydrogen-bond acceptors (Lipinski definition) is 5. The van der Waals surface area contributed by atoms with Gasteiger partial charge in [0.2, 0.25) is 5.91 Å². The average Bonchev–Trinajstić information content (AvgIpc) is 2.76. The highest BCUT2D eigenvalue weighted by molar-refractivity contribution is 5.84. The lowest BCUT2D eigenvalue weighted by Crippen LogP contribution is -2.44. The minimum absolute atomic E-state index is 0.0543. The standard InChI is InChI=1S/C11H13N3O6/c15-6-3-7(11(19)20)13(4-6)10(18)5-14-9(17)2-1-8(16)12-14/h1-2,6-7,15H,3-5H2,(H,12,16)(H,19,20). The van der Waals surface area contributed by atoms with Crippen LogP contribution in [0.15, 0.2) is 21.7 Å². The fourth-order valence-electron chi connectivity index (χ4n) is 2.13. The van der Waals surface area contributed by atoms with Crippen LogP contribution in [0.5, 0.6) is 0 Å². The predicted octanol–water partition coefficient (Wildman–Crippen LogP) is -2.42. The maximum Gasteiger partial charge on any atom is 0.326 e. The molecule has 3 N–H and O–H groups in total. The molecule has 9 nitrogen and oxygen atoms in total. The zero-order chi connectivity index (χ0) is 14.9. The van der Waals surface area contributed by atoms with Crippen LogP contribution in [0.25, 0.3) is 0 Å².